The largest absolute Gasteiger partial charge is 0.332 e. The van der Waals surface area contributed by atoms with Crippen molar-refractivity contribution in [1.29, 1.82) is 0 Å². The van der Waals surface area contributed by atoms with Gasteiger partial charge in [-0.3, -0.25) is 4.99 Å². The molecule has 0 spiro atoms. The van der Waals surface area contributed by atoms with Gasteiger partial charge in [0.15, 0.2) is 0 Å². The predicted octanol–water partition coefficient (Wildman–Crippen LogP) is 4.33. The maximum absolute atomic E-state index is 14.1. The Morgan fingerprint density at radius 1 is 1.10 bits per heavy atom. The molecule has 1 saturated heterocycles. The van der Waals surface area contributed by atoms with Crippen LogP contribution in [0.15, 0.2) is 45.4 Å². The number of nitrogens with one attached hydrogen (secondary N) is 1. The zero-order valence-electron chi connectivity index (χ0n) is 18.4. The van der Waals surface area contributed by atoms with Gasteiger partial charge >= 0.3 is 0 Å². The van der Waals surface area contributed by atoms with Crippen LogP contribution in [0.25, 0.3) is 0 Å². The molecule has 0 saturated carbocycles. The molecule has 2 aliphatic heterocycles. The number of nitrogens with zero attached hydrogens (tertiary/aromatic N) is 2. The van der Waals surface area contributed by atoms with E-state index in [-0.39, 0.29) is 27.8 Å². The lowest BCUT2D eigenvalue weighted by Crippen LogP contribution is -2.45. The van der Waals surface area contributed by atoms with Crippen LogP contribution in [-0.4, -0.2) is 37.8 Å². The summed E-state index contributed by atoms with van der Waals surface area (Å²) < 4.78 is 42.5. The molecule has 0 unspecified atom stereocenters. The Kier molecular flexibility index (Phi) is 5.45. The molecule has 2 heterocycles. The van der Waals surface area contributed by atoms with Crippen molar-refractivity contribution in [2.75, 3.05) is 6.54 Å². The Labute approximate surface area is 174 Å². The molecule has 0 aromatic heterocycles. The molecule has 5 nitrogen and oxygen atoms in total. The summed E-state index contributed by atoms with van der Waals surface area (Å²) in [7, 11) is -3.95. The molecule has 1 aromatic carbocycles. The Hall–Kier alpha value is -1.73. The standard InChI is InChI=1S/C22H32FN3O2S/c1-14-19(21(2,3)4)17-12-15(13-26(17)20(24-14)22(5,6)7)25-29(27,28)18-11-9-8-10-16(18)23/h8-11,14-15,25H,12-13H2,1-7H3/t14-,15-/m0/s1. The van der Waals surface area contributed by atoms with Crippen LogP contribution >= 0.6 is 0 Å². The van der Waals surface area contributed by atoms with E-state index in [2.05, 4.69) is 58.1 Å². The van der Waals surface area contributed by atoms with Gasteiger partial charge in [-0.25, -0.2) is 17.5 Å². The molecule has 2 aliphatic rings. The number of hydrogen-bond donors (Lipinski definition) is 1. The first-order chi connectivity index (χ1) is 13.2. The van der Waals surface area contributed by atoms with E-state index >= 15 is 0 Å². The number of sulfonamides is 1. The molecule has 29 heavy (non-hydrogen) atoms. The van der Waals surface area contributed by atoms with Gasteiger partial charge in [-0.2, -0.15) is 0 Å². The van der Waals surface area contributed by atoms with Crippen LogP contribution in [0.5, 0.6) is 0 Å². The summed E-state index contributed by atoms with van der Waals surface area (Å²) in [4.78, 5) is 6.86. The molecular formula is C22H32FN3O2S. The highest BCUT2D eigenvalue weighted by atomic mass is 32.2. The molecule has 1 aromatic rings. The van der Waals surface area contributed by atoms with E-state index in [0.717, 1.165) is 11.5 Å². The average molecular weight is 422 g/mol. The summed E-state index contributed by atoms with van der Waals surface area (Å²) >= 11 is 0. The highest BCUT2D eigenvalue weighted by Crippen LogP contribution is 2.43. The predicted molar refractivity (Wildman–Crippen MR) is 115 cm³/mol. The number of hydrogen-bond acceptors (Lipinski definition) is 4. The fourth-order valence-electron chi connectivity index (χ4n) is 4.45. The second kappa shape index (κ2) is 7.20. The second-order valence-electron chi connectivity index (χ2n) is 10.1. The lowest BCUT2D eigenvalue weighted by Gasteiger charge is -2.41. The molecule has 1 N–H and O–H groups in total. The summed E-state index contributed by atoms with van der Waals surface area (Å²) in [5.41, 5.74) is 2.13. The van der Waals surface area contributed by atoms with E-state index < -0.39 is 15.8 Å². The third kappa shape index (κ3) is 4.26. The van der Waals surface area contributed by atoms with E-state index in [4.69, 9.17) is 4.99 Å². The molecule has 3 rings (SSSR count). The quantitative estimate of drug-likeness (QED) is 0.790. The SMILES string of the molecule is C[C@@H]1N=C(C(C)(C)C)N2C[C@@H](NS(=O)(=O)c3ccccc3F)CC2=C1C(C)(C)C. The van der Waals surface area contributed by atoms with Gasteiger partial charge in [0.2, 0.25) is 10.0 Å². The van der Waals surface area contributed by atoms with Crippen molar-refractivity contribution < 1.29 is 12.8 Å². The average Bonchev–Trinajstić information content (AvgIpc) is 2.93. The van der Waals surface area contributed by atoms with Crippen molar-refractivity contribution in [3.8, 4) is 0 Å². The summed E-state index contributed by atoms with van der Waals surface area (Å²) in [6.45, 7) is 15.5. The van der Waals surface area contributed by atoms with E-state index in [1.165, 1.54) is 29.8 Å². The minimum absolute atomic E-state index is 0.0393. The summed E-state index contributed by atoms with van der Waals surface area (Å²) in [6.07, 6.45) is 0.569. The van der Waals surface area contributed by atoms with Crippen LogP contribution in [0.1, 0.15) is 54.9 Å². The van der Waals surface area contributed by atoms with Crippen molar-refractivity contribution in [2.45, 2.75) is 71.9 Å². The van der Waals surface area contributed by atoms with Crippen molar-refractivity contribution in [3.05, 3.63) is 41.4 Å². The van der Waals surface area contributed by atoms with Gasteiger partial charge < -0.3 is 4.90 Å². The summed E-state index contributed by atoms with van der Waals surface area (Å²) in [5.74, 6) is 0.233. The lowest BCUT2D eigenvalue weighted by atomic mass is 9.79. The topological polar surface area (TPSA) is 61.8 Å². The molecule has 0 amide bonds. The first kappa shape index (κ1) is 22.0. The number of aliphatic imine (C=N–C) groups is 1. The Balaban J connectivity index is 1.98. The van der Waals surface area contributed by atoms with Crippen LogP contribution in [0, 0.1) is 16.6 Å². The fraction of sp³-hybridized carbons (Fsp3) is 0.591. The molecule has 0 aliphatic carbocycles. The summed E-state index contributed by atoms with van der Waals surface area (Å²) in [6, 6.07) is 5.17. The number of rotatable bonds is 3. The van der Waals surface area contributed by atoms with Crippen LogP contribution in [0.3, 0.4) is 0 Å². The van der Waals surface area contributed by atoms with Crippen molar-refractivity contribution in [2.24, 2.45) is 15.8 Å². The molecule has 0 bridgehead atoms. The maximum atomic E-state index is 14.1. The van der Waals surface area contributed by atoms with Gasteiger partial charge in [-0.05, 0) is 30.0 Å². The van der Waals surface area contributed by atoms with E-state index in [9.17, 15) is 12.8 Å². The maximum Gasteiger partial charge on any atom is 0.243 e. The number of halogens is 1. The van der Waals surface area contributed by atoms with E-state index in [1.54, 1.807) is 0 Å². The van der Waals surface area contributed by atoms with E-state index in [1.807, 2.05) is 0 Å². The number of fused-ring (bicyclic) bond motifs is 1. The monoisotopic (exact) mass is 421 g/mol. The zero-order valence-corrected chi connectivity index (χ0v) is 19.2. The Morgan fingerprint density at radius 2 is 1.72 bits per heavy atom. The van der Waals surface area contributed by atoms with Crippen molar-refractivity contribution in [3.63, 3.8) is 0 Å². The first-order valence-electron chi connectivity index (χ1n) is 10.1. The highest BCUT2D eigenvalue weighted by Gasteiger charge is 2.43. The highest BCUT2D eigenvalue weighted by molar-refractivity contribution is 7.89. The third-order valence-corrected chi connectivity index (χ3v) is 6.95. The van der Waals surface area contributed by atoms with Crippen molar-refractivity contribution in [1.82, 2.24) is 9.62 Å². The van der Waals surface area contributed by atoms with Gasteiger partial charge in [0.25, 0.3) is 0 Å². The summed E-state index contributed by atoms with van der Waals surface area (Å²) in [5, 5.41) is 0. The normalized spacial score (nSPS) is 23.3. The molecule has 160 valence electrons. The molecule has 0 radical (unpaired) electrons. The Bertz CT molecular complexity index is 969. The van der Waals surface area contributed by atoms with Crippen LogP contribution in [0.4, 0.5) is 4.39 Å². The fourth-order valence-corrected chi connectivity index (χ4v) is 5.76. The van der Waals surface area contributed by atoms with Crippen LogP contribution < -0.4 is 4.72 Å². The van der Waals surface area contributed by atoms with Crippen molar-refractivity contribution >= 4 is 15.9 Å². The van der Waals surface area contributed by atoms with Gasteiger partial charge in [0.05, 0.1) is 6.04 Å². The smallest absolute Gasteiger partial charge is 0.243 e. The second-order valence-corrected chi connectivity index (χ2v) is 11.7. The molecular weight excluding hydrogens is 389 g/mol. The molecule has 1 fully saturated rings. The number of amidine groups is 1. The number of benzene rings is 1. The lowest BCUT2D eigenvalue weighted by molar-refractivity contribution is 0.393. The van der Waals surface area contributed by atoms with Gasteiger partial charge in [0, 0.05) is 30.1 Å². The van der Waals surface area contributed by atoms with Gasteiger partial charge in [0.1, 0.15) is 16.5 Å². The zero-order chi connectivity index (χ0) is 21.8. The van der Waals surface area contributed by atoms with Gasteiger partial charge in [-0.15, -0.1) is 0 Å². The minimum atomic E-state index is -3.95. The van der Waals surface area contributed by atoms with Gasteiger partial charge in [-0.1, -0.05) is 53.7 Å². The molecule has 7 heteroatoms. The van der Waals surface area contributed by atoms with E-state index in [0.29, 0.717) is 13.0 Å². The Morgan fingerprint density at radius 3 is 2.28 bits per heavy atom. The third-order valence-electron chi connectivity index (χ3n) is 5.40. The minimum Gasteiger partial charge on any atom is -0.332 e. The van der Waals surface area contributed by atoms with Crippen LogP contribution in [0.2, 0.25) is 0 Å². The molecule has 2 atom stereocenters. The van der Waals surface area contributed by atoms with Crippen LogP contribution in [-0.2, 0) is 10.0 Å². The first-order valence-corrected chi connectivity index (χ1v) is 11.6.